The standard InChI is InChI=1S/C25H38N4O5/c1-15(2)13-18(26)22(30)27-19(14-17-9-6-5-7-10-17)24(32)29-12-8-11-20(29)23(31)28-21(16(3)4)25(33)34/h5-7,9-10,15-16,18-21H,8,11-14,26H2,1-4H3,(H,27,30)(H,28,31)(H,33,34)/t18-,19-,20-,21-/m0/s1. The van der Waals surface area contributed by atoms with Crippen LogP contribution < -0.4 is 16.4 Å². The van der Waals surface area contributed by atoms with Gasteiger partial charge in [-0.05, 0) is 36.7 Å². The van der Waals surface area contributed by atoms with E-state index in [1.54, 1.807) is 13.8 Å². The van der Waals surface area contributed by atoms with Crippen molar-refractivity contribution in [3.8, 4) is 0 Å². The van der Waals surface area contributed by atoms with Crippen LogP contribution in [0.5, 0.6) is 0 Å². The van der Waals surface area contributed by atoms with Crippen molar-refractivity contribution in [2.24, 2.45) is 17.6 Å². The van der Waals surface area contributed by atoms with Crippen LogP contribution in [0.1, 0.15) is 52.5 Å². The normalized spacial score (nSPS) is 18.4. The minimum absolute atomic E-state index is 0.221. The van der Waals surface area contributed by atoms with Crippen molar-refractivity contribution in [2.75, 3.05) is 6.54 Å². The van der Waals surface area contributed by atoms with Gasteiger partial charge >= 0.3 is 5.97 Å². The Morgan fingerprint density at radius 2 is 1.74 bits per heavy atom. The monoisotopic (exact) mass is 474 g/mol. The minimum Gasteiger partial charge on any atom is -0.480 e. The van der Waals surface area contributed by atoms with E-state index in [1.165, 1.54) is 4.90 Å². The van der Waals surface area contributed by atoms with E-state index in [2.05, 4.69) is 10.6 Å². The van der Waals surface area contributed by atoms with Crippen molar-refractivity contribution < 1.29 is 24.3 Å². The number of aliphatic carboxylic acids is 1. The summed E-state index contributed by atoms with van der Waals surface area (Å²) in [7, 11) is 0. The van der Waals surface area contributed by atoms with Gasteiger partial charge in [-0.15, -0.1) is 0 Å². The van der Waals surface area contributed by atoms with Crippen LogP contribution in [0.2, 0.25) is 0 Å². The van der Waals surface area contributed by atoms with Gasteiger partial charge in [-0.25, -0.2) is 4.79 Å². The molecule has 188 valence electrons. The van der Waals surface area contributed by atoms with Gasteiger partial charge in [0.05, 0.1) is 6.04 Å². The molecule has 0 bridgehead atoms. The van der Waals surface area contributed by atoms with Crippen LogP contribution in [-0.2, 0) is 25.6 Å². The fraction of sp³-hybridized carbons (Fsp3) is 0.600. The molecular weight excluding hydrogens is 436 g/mol. The molecule has 0 unspecified atom stereocenters. The summed E-state index contributed by atoms with van der Waals surface area (Å²) in [6, 6.07) is 5.86. The third-order valence-corrected chi connectivity index (χ3v) is 6.03. The van der Waals surface area contributed by atoms with E-state index in [9.17, 15) is 24.3 Å². The Hall–Kier alpha value is -2.94. The third-order valence-electron chi connectivity index (χ3n) is 6.03. The number of nitrogens with two attached hydrogens (primary N) is 1. The topological polar surface area (TPSA) is 142 Å². The summed E-state index contributed by atoms with van der Waals surface area (Å²) in [5.74, 6) is -2.48. The van der Waals surface area contributed by atoms with E-state index in [0.717, 1.165) is 5.56 Å². The van der Waals surface area contributed by atoms with Crippen LogP contribution in [-0.4, -0.2) is 64.4 Å². The van der Waals surface area contributed by atoms with Crippen molar-refractivity contribution in [3.05, 3.63) is 35.9 Å². The van der Waals surface area contributed by atoms with Crippen molar-refractivity contribution in [2.45, 2.75) is 77.5 Å². The van der Waals surface area contributed by atoms with Gasteiger partial charge in [0.2, 0.25) is 17.7 Å². The van der Waals surface area contributed by atoms with E-state index in [0.29, 0.717) is 25.8 Å². The van der Waals surface area contributed by atoms with E-state index >= 15 is 0 Å². The molecule has 1 saturated heterocycles. The first kappa shape index (κ1) is 27.3. The highest BCUT2D eigenvalue weighted by molar-refractivity contribution is 5.94. The number of benzene rings is 1. The number of hydrogen-bond acceptors (Lipinski definition) is 5. The van der Waals surface area contributed by atoms with Gasteiger partial charge in [0, 0.05) is 13.0 Å². The zero-order chi connectivity index (χ0) is 25.4. The van der Waals surface area contributed by atoms with Crippen molar-refractivity contribution in [1.82, 2.24) is 15.5 Å². The fourth-order valence-corrected chi connectivity index (χ4v) is 4.21. The lowest BCUT2D eigenvalue weighted by Crippen LogP contribution is -2.57. The van der Waals surface area contributed by atoms with E-state index in [4.69, 9.17) is 5.73 Å². The molecule has 9 heteroatoms. The van der Waals surface area contributed by atoms with Gasteiger partial charge in [-0.2, -0.15) is 0 Å². The summed E-state index contributed by atoms with van der Waals surface area (Å²) < 4.78 is 0. The fourth-order valence-electron chi connectivity index (χ4n) is 4.21. The second kappa shape index (κ2) is 12.5. The lowest BCUT2D eigenvalue weighted by atomic mass is 10.0. The lowest BCUT2D eigenvalue weighted by molar-refractivity contribution is -0.145. The number of likely N-dealkylation sites (tertiary alicyclic amines) is 1. The highest BCUT2D eigenvalue weighted by Crippen LogP contribution is 2.20. The average molecular weight is 475 g/mol. The number of carboxylic acid groups (broad SMARTS) is 1. The number of carbonyl (C=O) groups excluding carboxylic acids is 3. The van der Waals surface area contributed by atoms with Crippen molar-refractivity contribution in [3.63, 3.8) is 0 Å². The lowest BCUT2D eigenvalue weighted by Gasteiger charge is -2.30. The zero-order valence-electron chi connectivity index (χ0n) is 20.5. The zero-order valence-corrected chi connectivity index (χ0v) is 20.5. The van der Waals surface area contributed by atoms with Crippen LogP contribution in [0.25, 0.3) is 0 Å². The minimum atomic E-state index is -1.12. The number of hydrogen-bond donors (Lipinski definition) is 4. The molecule has 0 aromatic heterocycles. The van der Waals surface area contributed by atoms with Crippen LogP contribution in [0, 0.1) is 11.8 Å². The van der Waals surface area contributed by atoms with Gasteiger partial charge in [0.15, 0.2) is 0 Å². The molecule has 5 N–H and O–H groups in total. The number of nitrogens with one attached hydrogen (secondary N) is 2. The molecule has 4 atom stereocenters. The van der Waals surface area contributed by atoms with Crippen LogP contribution in [0.15, 0.2) is 30.3 Å². The molecule has 1 aromatic carbocycles. The van der Waals surface area contributed by atoms with Gasteiger partial charge in [0.1, 0.15) is 18.1 Å². The van der Waals surface area contributed by atoms with Crippen LogP contribution in [0.4, 0.5) is 0 Å². The Kier molecular flexibility index (Phi) is 10.0. The Morgan fingerprint density at radius 1 is 1.09 bits per heavy atom. The molecule has 1 aromatic rings. The smallest absolute Gasteiger partial charge is 0.326 e. The van der Waals surface area contributed by atoms with Gasteiger partial charge in [-0.1, -0.05) is 58.0 Å². The quantitative estimate of drug-likeness (QED) is 0.381. The largest absolute Gasteiger partial charge is 0.480 e. The van der Waals surface area contributed by atoms with Gasteiger partial charge in [-0.3, -0.25) is 14.4 Å². The Bertz CT molecular complexity index is 858. The van der Waals surface area contributed by atoms with E-state index in [1.807, 2.05) is 44.2 Å². The predicted molar refractivity (Wildman–Crippen MR) is 129 cm³/mol. The second-order valence-electron chi connectivity index (χ2n) is 9.75. The number of rotatable bonds is 11. The number of amides is 3. The SMILES string of the molecule is CC(C)C[C@H](N)C(=O)N[C@@H](Cc1ccccc1)C(=O)N1CCC[C@H]1C(=O)N[C@H](C(=O)O)C(C)C. The molecule has 34 heavy (non-hydrogen) atoms. The van der Waals surface area contributed by atoms with E-state index in [-0.39, 0.29) is 24.2 Å². The molecule has 3 amide bonds. The second-order valence-corrected chi connectivity index (χ2v) is 9.75. The van der Waals surface area contributed by atoms with Crippen LogP contribution in [0.3, 0.4) is 0 Å². The summed E-state index contributed by atoms with van der Waals surface area (Å²) >= 11 is 0. The maximum Gasteiger partial charge on any atom is 0.326 e. The molecule has 1 heterocycles. The molecule has 1 fully saturated rings. The highest BCUT2D eigenvalue weighted by Gasteiger charge is 2.39. The predicted octanol–water partition coefficient (Wildman–Crippen LogP) is 1.30. The maximum atomic E-state index is 13.6. The highest BCUT2D eigenvalue weighted by atomic mass is 16.4. The van der Waals surface area contributed by atoms with Crippen LogP contribution >= 0.6 is 0 Å². The summed E-state index contributed by atoms with van der Waals surface area (Å²) in [6.45, 7) is 7.71. The molecule has 1 aliphatic rings. The van der Waals surface area contributed by atoms with Crippen molar-refractivity contribution in [1.29, 1.82) is 0 Å². The average Bonchev–Trinajstić information content (AvgIpc) is 3.26. The molecule has 0 saturated carbocycles. The van der Waals surface area contributed by atoms with Gasteiger partial charge < -0.3 is 26.4 Å². The number of nitrogens with zero attached hydrogens (tertiary/aromatic N) is 1. The first-order chi connectivity index (χ1) is 16.0. The van der Waals surface area contributed by atoms with E-state index < -0.39 is 42.0 Å². The molecule has 9 nitrogen and oxygen atoms in total. The molecule has 1 aliphatic heterocycles. The van der Waals surface area contributed by atoms with Gasteiger partial charge in [0.25, 0.3) is 0 Å². The Morgan fingerprint density at radius 3 is 2.29 bits per heavy atom. The first-order valence-corrected chi connectivity index (χ1v) is 11.9. The Balaban J connectivity index is 2.21. The summed E-state index contributed by atoms with van der Waals surface area (Å²) in [5.41, 5.74) is 6.91. The molecular formula is C25H38N4O5. The summed E-state index contributed by atoms with van der Waals surface area (Å²) in [6.07, 6.45) is 1.79. The molecule has 2 rings (SSSR count). The maximum absolute atomic E-state index is 13.6. The molecule has 0 radical (unpaired) electrons. The number of carbonyl (C=O) groups is 4. The first-order valence-electron chi connectivity index (χ1n) is 11.9. The molecule has 0 spiro atoms. The third kappa shape index (κ3) is 7.55. The number of carboxylic acids is 1. The summed E-state index contributed by atoms with van der Waals surface area (Å²) in [4.78, 5) is 52.2. The molecule has 0 aliphatic carbocycles. The Labute approximate surface area is 201 Å². The summed E-state index contributed by atoms with van der Waals surface area (Å²) in [5, 5.41) is 14.8. The van der Waals surface area contributed by atoms with Crippen molar-refractivity contribution >= 4 is 23.7 Å².